The standard InChI is InChI=1S/C12H16ClN3O2/c1-8(10-4-3-5-11(13)6-10)14-7-12(18)16-15-9(2)17/h3-6,8,14H,7H2,1-2H3,(H,15,17)(H,16,18)/p+1/t8-/m1/s1. The molecular weight excluding hydrogens is 254 g/mol. The van der Waals surface area contributed by atoms with Gasteiger partial charge in [-0.15, -0.1) is 0 Å². The van der Waals surface area contributed by atoms with Crippen molar-refractivity contribution in [1.29, 1.82) is 0 Å². The lowest BCUT2D eigenvalue weighted by Crippen LogP contribution is -2.87. The number of nitrogens with one attached hydrogen (secondary N) is 2. The minimum atomic E-state index is -0.300. The summed E-state index contributed by atoms with van der Waals surface area (Å²) in [6.45, 7) is 3.55. The Hall–Kier alpha value is -1.59. The summed E-state index contributed by atoms with van der Waals surface area (Å²) in [4.78, 5) is 22.0. The van der Waals surface area contributed by atoms with Gasteiger partial charge in [0.2, 0.25) is 5.91 Å². The van der Waals surface area contributed by atoms with E-state index in [0.29, 0.717) is 5.02 Å². The van der Waals surface area contributed by atoms with E-state index in [1.165, 1.54) is 6.92 Å². The first-order valence-corrected chi connectivity index (χ1v) is 6.01. The molecule has 6 heteroatoms. The Kier molecular flexibility index (Phi) is 5.61. The Morgan fingerprint density at radius 3 is 2.72 bits per heavy atom. The monoisotopic (exact) mass is 270 g/mol. The smallest absolute Gasteiger partial charge is 0.293 e. The molecule has 0 heterocycles. The fourth-order valence-electron chi connectivity index (χ4n) is 1.42. The molecule has 98 valence electrons. The van der Waals surface area contributed by atoms with Crippen LogP contribution < -0.4 is 16.2 Å². The molecule has 18 heavy (non-hydrogen) atoms. The van der Waals surface area contributed by atoms with Gasteiger partial charge in [0.15, 0.2) is 6.54 Å². The van der Waals surface area contributed by atoms with Gasteiger partial charge in [-0.05, 0) is 19.1 Å². The van der Waals surface area contributed by atoms with Gasteiger partial charge in [0, 0.05) is 17.5 Å². The van der Waals surface area contributed by atoms with E-state index in [9.17, 15) is 9.59 Å². The normalized spacial score (nSPS) is 11.7. The minimum Gasteiger partial charge on any atom is -0.332 e. The van der Waals surface area contributed by atoms with Crippen LogP contribution in [0.3, 0.4) is 0 Å². The van der Waals surface area contributed by atoms with E-state index in [2.05, 4.69) is 10.9 Å². The second-order valence-electron chi connectivity index (χ2n) is 4.01. The highest BCUT2D eigenvalue weighted by Gasteiger charge is 2.11. The maximum Gasteiger partial charge on any atom is 0.293 e. The van der Waals surface area contributed by atoms with Crippen molar-refractivity contribution >= 4 is 23.4 Å². The van der Waals surface area contributed by atoms with Gasteiger partial charge in [0.1, 0.15) is 6.04 Å². The van der Waals surface area contributed by atoms with Crippen LogP contribution in [0.5, 0.6) is 0 Å². The molecule has 0 saturated heterocycles. The third kappa shape index (κ3) is 5.16. The number of rotatable bonds is 4. The second kappa shape index (κ2) is 6.98. The zero-order valence-corrected chi connectivity index (χ0v) is 11.1. The molecule has 0 aromatic heterocycles. The Balaban J connectivity index is 2.39. The van der Waals surface area contributed by atoms with Crippen LogP contribution in [0.4, 0.5) is 0 Å². The molecule has 0 aliphatic rings. The number of hydrogen-bond donors (Lipinski definition) is 3. The molecule has 0 saturated carbocycles. The Morgan fingerprint density at radius 2 is 2.11 bits per heavy atom. The van der Waals surface area contributed by atoms with Crippen molar-refractivity contribution in [2.45, 2.75) is 19.9 Å². The first kappa shape index (κ1) is 14.5. The van der Waals surface area contributed by atoms with Gasteiger partial charge in [0.05, 0.1) is 0 Å². The van der Waals surface area contributed by atoms with E-state index >= 15 is 0 Å². The number of carbonyl (C=O) groups is 2. The summed E-state index contributed by atoms with van der Waals surface area (Å²) in [5, 5.41) is 2.54. The zero-order valence-electron chi connectivity index (χ0n) is 10.4. The third-order valence-corrected chi connectivity index (χ3v) is 2.64. The third-order valence-electron chi connectivity index (χ3n) is 2.41. The van der Waals surface area contributed by atoms with Gasteiger partial charge in [0.25, 0.3) is 5.91 Å². The molecule has 0 aliphatic heterocycles. The zero-order chi connectivity index (χ0) is 13.5. The van der Waals surface area contributed by atoms with Crippen molar-refractivity contribution in [2.24, 2.45) is 0 Å². The maximum atomic E-state index is 11.4. The van der Waals surface area contributed by atoms with E-state index in [4.69, 9.17) is 11.6 Å². The van der Waals surface area contributed by atoms with Crippen LogP contribution in [0.2, 0.25) is 5.02 Å². The lowest BCUT2D eigenvalue weighted by molar-refractivity contribution is -0.682. The van der Waals surface area contributed by atoms with Crippen molar-refractivity contribution in [3.63, 3.8) is 0 Å². The average Bonchev–Trinajstić information content (AvgIpc) is 2.33. The SMILES string of the molecule is CC(=O)NNC(=O)C[NH2+][C@H](C)c1cccc(Cl)c1. The summed E-state index contributed by atoms with van der Waals surface area (Å²) < 4.78 is 0. The highest BCUT2D eigenvalue weighted by molar-refractivity contribution is 6.30. The predicted molar refractivity (Wildman–Crippen MR) is 68.6 cm³/mol. The topological polar surface area (TPSA) is 74.8 Å². The molecule has 1 rings (SSSR count). The molecule has 0 aliphatic carbocycles. The molecule has 0 spiro atoms. The molecule has 1 aromatic carbocycles. The molecule has 0 radical (unpaired) electrons. The Morgan fingerprint density at radius 1 is 1.39 bits per heavy atom. The van der Waals surface area contributed by atoms with E-state index in [-0.39, 0.29) is 24.4 Å². The van der Waals surface area contributed by atoms with Gasteiger partial charge in [-0.25, -0.2) is 0 Å². The van der Waals surface area contributed by atoms with Crippen LogP contribution in [-0.4, -0.2) is 18.4 Å². The first-order chi connectivity index (χ1) is 8.49. The van der Waals surface area contributed by atoms with Crippen LogP contribution in [0.25, 0.3) is 0 Å². The quantitative estimate of drug-likeness (QED) is 0.681. The predicted octanol–water partition coefficient (Wildman–Crippen LogP) is 0.132. The lowest BCUT2D eigenvalue weighted by Gasteiger charge is -2.11. The number of carbonyl (C=O) groups excluding carboxylic acids is 2. The van der Waals surface area contributed by atoms with Crippen LogP contribution in [0, 0.1) is 0 Å². The van der Waals surface area contributed by atoms with Crippen molar-refractivity contribution in [3.05, 3.63) is 34.9 Å². The number of hydrogen-bond acceptors (Lipinski definition) is 2. The van der Waals surface area contributed by atoms with Crippen LogP contribution in [0.15, 0.2) is 24.3 Å². The molecule has 0 bridgehead atoms. The number of quaternary nitrogens is 1. The van der Waals surface area contributed by atoms with Crippen molar-refractivity contribution in [3.8, 4) is 0 Å². The number of nitrogens with two attached hydrogens (primary N) is 1. The average molecular weight is 271 g/mol. The van der Waals surface area contributed by atoms with Crippen LogP contribution in [-0.2, 0) is 9.59 Å². The number of benzene rings is 1. The van der Waals surface area contributed by atoms with Crippen molar-refractivity contribution in [2.75, 3.05) is 6.54 Å². The van der Waals surface area contributed by atoms with E-state index < -0.39 is 0 Å². The fraction of sp³-hybridized carbons (Fsp3) is 0.333. The molecule has 0 unspecified atom stereocenters. The Labute approximate surface area is 111 Å². The van der Waals surface area contributed by atoms with Gasteiger partial charge >= 0.3 is 0 Å². The second-order valence-corrected chi connectivity index (χ2v) is 4.45. The van der Waals surface area contributed by atoms with E-state index in [1.807, 2.05) is 30.4 Å². The molecule has 1 aromatic rings. The summed E-state index contributed by atoms with van der Waals surface area (Å²) in [5.74, 6) is -0.551. The van der Waals surface area contributed by atoms with Crippen LogP contribution >= 0.6 is 11.6 Å². The highest BCUT2D eigenvalue weighted by Crippen LogP contribution is 2.14. The minimum absolute atomic E-state index is 0.117. The van der Waals surface area contributed by atoms with Gasteiger partial charge in [-0.3, -0.25) is 20.4 Å². The molecule has 4 N–H and O–H groups in total. The van der Waals surface area contributed by atoms with Crippen molar-refractivity contribution < 1.29 is 14.9 Å². The van der Waals surface area contributed by atoms with Gasteiger partial charge < -0.3 is 5.32 Å². The largest absolute Gasteiger partial charge is 0.332 e. The summed E-state index contributed by atoms with van der Waals surface area (Å²) in [7, 11) is 0. The molecule has 1 atom stereocenters. The number of hydrazine groups is 1. The molecule has 2 amide bonds. The van der Waals surface area contributed by atoms with Gasteiger partial charge in [-0.2, -0.15) is 0 Å². The summed E-state index contributed by atoms with van der Waals surface area (Å²) in [5.41, 5.74) is 5.59. The number of amides is 2. The molecule has 0 fully saturated rings. The lowest BCUT2D eigenvalue weighted by atomic mass is 10.1. The van der Waals surface area contributed by atoms with Crippen LogP contribution in [0.1, 0.15) is 25.5 Å². The fourth-order valence-corrected chi connectivity index (χ4v) is 1.62. The maximum absolute atomic E-state index is 11.4. The molecule has 5 nitrogen and oxygen atoms in total. The first-order valence-electron chi connectivity index (χ1n) is 5.63. The summed E-state index contributed by atoms with van der Waals surface area (Å²) in [6, 6.07) is 7.63. The highest BCUT2D eigenvalue weighted by atomic mass is 35.5. The van der Waals surface area contributed by atoms with E-state index in [0.717, 1.165) is 5.56 Å². The van der Waals surface area contributed by atoms with Crippen molar-refractivity contribution in [1.82, 2.24) is 10.9 Å². The van der Waals surface area contributed by atoms with E-state index in [1.54, 1.807) is 6.07 Å². The summed E-state index contributed by atoms with van der Waals surface area (Å²) >= 11 is 5.90. The van der Waals surface area contributed by atoms with Gasteiger partial charge in [-0.1, -0.05) is 23.7 Å². The summed E-state index contributed by atoms with van der Waals surface area (Å²) in [6.07, 6.45) is 0. The number of halogens is 1. The Bertz CT molecular complexity index is 437. The molecular formula is C12H17ClN3O2+.